The van der Waals surface area contributed by atoms with Crippen molar-refractivity contribution in [3.63, 3.8) is 0 Å². The zero-order valence-corrected chi connectivity index (χ0v) is 42.5. The van der Waals surface area contributed by atoms with Gasteiger partial charge in [0.05, 0.1) is 18.8 Å². The molecule has 0 spiro atoms. The van der Waals surface area contributed by atoms with Gasteiger partial charge in [-0.25, -0.2) is 9.13 Å². The number of esters is 2. The van der Waals surface area contributed by atoms with Crippen molar-refractivity contribution in [3.05, 3.63) is 48.6 Å². The van der Waals surface area contributed by atoms with Gasteiger partial charge in [-0.3, -0.25) is 23.2 Å². The lowest BCUT2D eigenvalue weighted by atomic mass is 9.85. The van der Waals surface area contributed by atoms with E-state index in [2.05, 4.69) is 54.8 Å². The van der Waals surface area contributed by atoms with Gasteiger partial charge in [0.2, 0.25) is 0 Å². The molecule has 2 rings (SSSR count). The maximum absolute atomic E-state index is 13.0. The van der Waals surface area contributed by atoms with E-state index in [4.69, 9.17) is 23.3 Å². The molecule has 10 atom stereocenters. The number of carbonyl (C=O) groups excluding carboxylic acids is 2. The number of phosphoric ester groups is 2. The summed E-state index contributed by atoms with van der Waals surface area (Å²) in [5, 5.41) is 41.3. The fourth-order valence-electron chi connectivity index (χ4n) is 7.70. The average Bonchev–Trinajstić information content (AvgIpc) is 4.05. The Labute approximate surface area is 405 Å². The fourth-order valence-corrected chi connectivity index (χ4v) is 9.24. The first-order valence-corrected chi connectivity index (χ1v) is 28.3. The Kier molecular flexibility index (Phi) is 33.6. The number of aliphatic hydroxyl groups excluding tert-OH is 4. The van der Waals surface area contributed by atoms with Crippen LogP contribution in [0.2, 0.25) is 0 Å². The zero-order chi connectivity index (χ0) is 50.0. The summed E-state index contributed by atoms with van der Waals surface area (Å²) >= 11 is 0. The molecule has 1 aliphatic heterocycles. The lowest BCUT2D eigenvalue weighted by Crippen LogP contribution is -2.64. The van der Waals surface area contributed by atoms with E-state index in [-0.39, 0.29) is 25.0 Å². The summed E-state index contributed by atoms with van der Waals surface area (Å²) < 4.78 is 55.2. The predicted molar refractivity (Wildman–Crippen MR) is 259 cm³/mol. The molecule has 7 unspecified atom stereocenters. The van der Waals surface area contributed by atoms with Crippen LogP contribution in [0, 0.1) is 0 Å². The third kappa shape index (κ3) is 29.9. The minimum absolute atomic E-state index is 0.0231. The Morgan fingerprint density at radius 3 is 1.59 bits per heavy atom. The predicted octanol–water partition coefficient (Wildman–Crippen LogP) is 9.05. The van der Waals surface area contributed by atoms with Crippen molar-refractivity contribution >= 4 is 27.6 Å². The minimum atomic E-state index is -5.37. The molecule has 0 aromatic carbocycles. The van der Waals surface area contributed by atoms with E-state index in [0.717, 1.165) is 77.0 Å². The Morgan fingerprint density at radius 2 is 0.985 bits per heavy atom. The molecule has 1 aliphatic carbocycles. The van der Waals surface area contributed by atoms with E-state index in [1.165, 1.54) is 57.8 Å². The fraction of sp³-hybridized carbons (Fsp3) is 0.796. The number of carbonyl (C=O) groups is 2. The minimum Gasteiger partial charge on any atom is -0.462 e. The van der Waals surface area contributed by atoms with E-state index >= 15 is 0 Å². The summed E-state index contributed by atoms with van der Waals surface area (Å²) in [6.45, 7) is 3.03. The van der Waals surface area contributed by atoms with Gasteiger partial charge in [-0.15, -0.1) is 0 Å². The van der Waals surface area contributed by atoms with E-state index in [9.17, 15) is 53.8 Å². The Balaban J connectivity index is 1.80. The highest BCUT2D eigenvalue weighted by Gasteiger charge is 2.54. The van der Waals surface area contributed by atoms with Crippen molar-refractivity contribution in [2.45, 2.75) is 236 Å². The van der Waals surface area contributed by atoms with E-state index in [1.807, 2.05) is 12.2 Å². The summed E-state index contributed by atoms with van der Waals surface area (Å²) in [5.41, 5.74) is 0. The second kappa shape index (κ2) is 36.8. The first-order chi connectivity index (χ1) is 32.6. The molecule has 0 bridgehead atoms. The molecule has 0 aromatic heterocycles. The van der Waals surface area contributed by atoms with Crippen molar-refractivity contribution in [3.8, 4) is 0 Å². The van der Waals surface area contributed by atoms with Crippen LogP contribution in [0.25, 0.3) is 0 Å². The summed E-state index contributed by atoms with van der Waals surface area (Å²) in [4.78, 5) is 54.4. The van der Waals surface area contributed by atoms with Gasteiger partial charge < -0.3 is 49.3 Å². The number of rotatable bonds is 41. The molecule has 1 saturated heterocycles. The topological polar surface area (TPSA) is 269 Å². The van der Waals surface area contributed by atoms with Gasteiger partial charge >= 0.3 is 27.6 Å². The third-order valence-electron chi connectivity index (χ3n) is 11.8. The number of hydrogen-bond donors (Lipinski definition) is 7. The summed E-state index contributed by atoms with van der Waals surface area (Å²) in [5.74, 6) is -1.28. The highest BCUT2D eigenvalue weighted by atomic mass is 31.2. The maximum atomic E-state index is 13.0. The van der Waals surface area contributed by atoms with E-state index < -0.39 is 83.5 Å². The van der Waals surface area contributed by atoms with Gasteiger partial charge in [0, 0.05) is 12.8 Å². The molecule has 0 amide bonds. The molecule has 68 heavy (non-hydrogen) atoms. The monoisotopic (exact) mass is 1010 g/mol. The molecular weight excluding hydrogens is 922 g/mol. The number of phosphoric acid groups is 2. The smallest absolute Gasteiger partial charge is 0.462 e. The Bertz CT molecular complexity index is 1570. The number of allylic oxidation sites excluding steroid dienone is 6. The standard InChI is InChI=1S/C49H86O17P2/c1-3-5-7-9-11-13-14-15-16-17-18-19-20-22-24-26-32-36-43(51)63-39(38-62-68(59,60)66-49-46(54)44(52)45(53)48(47(49)55)65-67(56,57)58)37-61-42(50)35-31-28-27-30-34-41-40(64-41)33-29-25-23-21-12-10-8-6-4-2/h12,15-16,21,25,27,29-30,39-41,44-49,52-55H,3-11,13-14,17-20,22-24,26,28,31-38H2,1-2H3,(H,59,60)(H2,56,57,58)/b16-15-,21-12-,29-25-,30-27-/t39-,40?,41?,44?,45?,46?,47?,48-,49+/m1/s1. The van der Waals surface area contributed by atoms with Crippen LogP contribution in [-0.2, 0) is 46.5 Å². The molecule has 2 aliphatic rings. The normalized spacial score (nSPS) is 24.6. The van der Waals surface area contributed by atoms with Crippen molar-refractivity contribution in [1.82, 2.24) is 0 Å². The zero-order valence-electron chi connectivity index (χ0n) is 40.7. The van der Waals surface area contributed by atoms with Crippen LogP contribution in [0.5, 0.6) is 0 Å². The number of aliphatic hydroxyl groups is 4. The molecule has 2 fully saturated rings. The van der Waals surface area contributed by atoms with Gasteiger partial charge in [0.15, 0.2) is 6.10 Å². The van der Waals surface area contributed by atoms with Crippen LogP contribution in [0.1, 0.15) is 181 Å². The molecule has 17 nitrogen and oxygen atoms in total. The highest BCUT2D eigenvalue weighted by Crippen LogP contribution is 2.49. The van der Waals surface area contributed by atoms with Crippen molar-refractivity contribution in [1.29, 1.82) is 0 Å². The van der Waals surface area contributed by atoms with Crippen LogP contribution < -0.4 is 0 Å². The first kappa shape index (κ1) is 62.0. The summed E-state index contributed by atoms with van der Waals surface area (Å²) in [6.07, 6.45) is 28.0. The van der Waals surface area contributed by atoms with Gasteiger partial charge in [0.1, 0.15) is 43.2 Å². The highest BCUT2D eigenvalue weighted by molar-refractivity contribution is 7.47. The van der Waals surface area contributed by atoms with Crippen LogP contribution in [0.4, 0.5) is 0 Å². The number of hydrogen-bond acceptors (Lipinski definition) is 14. The molecule has 7 N–H and O–H groups in total. The first-order valence-electron chi connectivity index (χ1n) is 25.3. The van der Waals surface area contributed by atoms with E-state index in [0.29, 0.717) is 19.3 Å². The van der Waals surface area contributed by atoms with Crippen molar-refractivity contribution in [2.24, 2.45) is 0 Å². The molecule has 0 radical (unpaired) electrons. The maximum Gasteiger partial charge on any atom is 0.472 e. The van der Waals surface area contributed by atoms with Crippen molar-refractivity contribution < 1.29 is 81.6 Å². The number of ether oxygens (including phenoxy) is 3. The van der Waals surface area contributed by atoms with Gasteiger partial charge in [0.25, 0.3) is 0 Å². The van der Waals surface area contributed by atoms with Crippen LogP contribution in [-0.4, -0.2) is 115 Å². The Morgan fingerprint density at radius 1 is 0.529 bits per heavy atom. The number of epoxide rings is 1. The van der Waals surface area contributed by atoms with Crippen molar-refractivity contribution in [2.75, 3.05) is 13.2 Å². The lowest BCUT2D eigenvalue weighted by Gasteiger charge is -2.43. The largest absolute Gasteiger partial charge is 0.472 e. The lowest BCUT2D eigenvalue weighted by molar-refractivity contribution is -0.216. The third-order valence-corrected chi connectivity index (χ3v) is 13.3. The van der Waals surface area contributed by atoms with Crippen LogP contribution >= 0.6 is 15.6 Å². The quantitative estimate of drug-likeness (QED) is 0.00989. The molecule has 1 saturated carbocycles. The average molecular weight is 1010 g/mol. The molecular formula is C49H86O17P2. The molecule has 0 aromatic rings. The molecule has 19 heteroatoms. The van der Waals surface area contributed by atoms with E-state index in [1.54, 1.807) is 0 Å². The SMILES string of the molecule is CCCCC/C=C\C/C=C\CC1OC1C/C=C\CCCC(=O)OC[C@H](COP(=O)(O)O[C@H]1C(O)C(O)C(O)[C@@H](OP(=O)(O)O)C1O)OC(=O)CCCCCCCCC/C=C\CCCCCCCC. The van der Waals surface area contributed by atoms with Gasteiger partial charge in [-0.05, 0) is 77.0 Å². The Hall–Kier alpha value is -2.08. The second-order valence-corrected chi connectivity index (χ2v) is 20.5. The summed E-state index contributed by atoms with van der Waals surface area (Å²) in [7, 11) is -10.7. The summed E-state index contributed by atoms with van der Waals surface area (Å²) in [6, 6.07) is 0. The molecule has 394 valence electrons. The van der Waals surface area contributed by atoms with Gasteiger partial charge in [-0.2, -0.15) is 0 Å². The van der Waals surface area contributed by atoms with Crippen LogP contribution in [0.3, 0.4) is 0 Å². The second-order valence-electron chi connectivity index (χ2n) is 17.9. The molecule has 1 heterocycles. The number of unbranched alkanes of at least 4 members (excludes halogenated alkanes) is 17. The van der Waals surface area contributed by atoms with Crippen LogP contribution in [0.15, 0.2) is 48.6 Å². The van der Waals surface area contributed by atoms with Gasteiger partial charge in [-0.1, -0.05) is 140 Å².